The van der Waals surface area contributed by atoms with Crippen LogP contribution in [0.25, 0.3) is 0 Å². The minimum atomic E-state index is -0.918. The van der Waals surface area contributed by atoms with Crippen LogP contribution in [0.4, 0.5) is 0 Å². The van der Waals surface area contributed by atoms with E-state index < -0.39 is 17.0 Å². The van der Waals surface area contributed by atoms with E-state index in [1.807, 2.05) is 125 Å². The standard InChI is InChI=1S/C26H29Cl2N3O2S.C22H20Cl2N2O2S.C3H9NO/c1-16(2)21-22(24(32)30(4)14-15-33-5)34-25-29-26(3,18-8-12-20(28)13-9-18)23(31(21)25)17-6-10-19(27)11-7-17;1-12(2)17-18(20(27)28)29-21-25-22(3,14-6-10-16(24)11-7-14)19(26(17)21)13-4-8-15(23)9-5-13;1-4-3-5-2/h6-13,16,23H,14-15H2,1-5H3;4-12,19H,1-3H3,(H,27,28);4H,3H2,1-2H3/t23-,26+;19-,22+;/m11./s1. The first kappa shape index (κ1) is 53.3. The second-order valence-electron chi connectivity index (χ2n) is 17.5. The lowest BCUT2D eigenvalue weighted by Crippen LogP contribution is -2.36. The summed E-state index contributed by atoms with van der Waals surface area (Å²) in [6.07, 6.45) is 0. The highest BCUT2D eigenvalue weighted by molar-refractivity contribution is 8.18. The average molecular weight is 1040 g/mol. The Morgan fingerprint density at radius 2 is 1.04 bits per heavy atom. The summed E-state index contributed by atoms with van der Waals surface area (Å²) in [5, 5.41) is 16.8. The lowest BCUT2D eigenvalue weighted by molar-refractivity contribution is -0.132. The van der Waals surface area contributed by atoms with Crippen LogP contribution in [0, 0.1) is 11.8 Å². The molecule has 8 rings (SSSR count). The zero-order valence-corrected chi connectivity index (χ0v) is 44.5. The molecule has 0 bridgehead atoms. The molecule has 0 spiro atoms. The number of amides is 1. The number of halogens is 4. The zero-order valence-electron chi connectivity index (χ0n) is 39.8. The number of rotatable bonds is 13. The van der Waals surface area contributed by atoms with E-state index >= 15 is 0 Å². The van der Waals surface area contributed by atoms with E-state index in [2.05, 4.69) is 47.5 Å². The molecule has 0 saturated carbocycles. The predicted octanol–water partition coefficient (Wildman–Crippen LogP) is 12.5. The molecule has 17 heteroatoms. The third kappa shape index (κ3) is 11.1. The molecule has 4 aromatic carbocycles. The number of carbonyl (C=O) groups excluding carboxylic acids is 1. The molecule has 0 saturated heterocycles. The second kappa shape index (κ2) is 22.8. The molecule has 0 unspecified atom stereocenters. The highest BCUT2D eigenvalue weighted by Crippen LogP contribution is 2.58. The summed E-state index contributed by atoms with van der Waals surface area (Å²) >= 11 is 27.4. The molecule has 1 amide bonds. The molecule has 0 fully saturated rings. The van der Waals surface area contributed by atoms with Crippen molar-refractivity contribution in [1.29, 1.82) is 0 Å². The lowest BCUT2D eigenvalue weighted by Gasteiger charge is -2.37. The first-order valence-corrected chi connectivity index (χ1v) is 25.2. The quantitative estimate of drug-likeness (QED) is 0.125. The molecule has 2 N–H and O–H groups in total. The summed E-state index contributed by atoms with van der Waals surface area (Å²) in [5.74, 6) is -0.772. The van der Waals surface area contributed by atoms with Crippen molar-refractivity contribution in [2.45, 2.75) is 64.7 Å². The summed E-state index contributed by atoms with van der Waals surface area (Å²) < 4.78 is 9.75. The van der Waals surface area contributed by atoms with Crippen molar-refractivity contribution in [3.8, 4) is 0 Å². The summed E-state index contributed by atoms with van der Waals surface area (Å²) in [5.41, 5.74) is 4.80. The third-order valence-electron chi connectivity index (χ3n) is 12.0. The van der Waals surface area contributed by atoms with Gasteiger partial charge in [-0.05, 0) is 127 Å². The van der Waals surface area contributed by atoms with Crippen molar-refractivity contribution in [3.63, 3.8) is 0 Å². The molecule has 68 heavy (non-hydrogen) atoms. The first-order valence-electron chi connectivity index (χ1n) is 22.1. The van der Waals surface area contributed by atoms with Crippen molar-refractivity contribution in [3.05, 3.63) is 161 Å². The highest BCUT2D eigenvalue weighted by atomic mass is 35.5. The molecule has 4 aliphatic rings. The summed E-state index contributed by atoms with van der Waals surface area (Å²) in [7, 11) is 6.94. The van der Waals surface area contributed by atoms with Gasteiger partial charge in [0.2, 0.25) is 0 Å². The number of aliphatic imine (C=N–C) groups is 2. The van der Waals surface area contributed by atoms with Crippen LogP contribution in [0.15, 0.2) is 128 Å². The molecular weight excluding hydrogens is 983 g/mol. The molecule has 0 aliphatic carbocycles. The van der Waals surface area contributed by atoms with Gasteiger partial charge < -0.3 is 29.3 Å². The van der Waals surface area contributed by atoms with E-state index in [-0.39, 0.29) is 29.8 Å². The molecular formula is C51H58Cl4N6O5S2. The monoisotopic (exact) mass is 1040 g/mol. The summed E-state index contributed by atoms with van der Waals surface area (Å²) in [4.78, 5) is 42.8. The number of fused-ring (bicyclic) bond motifs is 2. The minimum Gasteiger partial charge on any atom is -0.477 e. The van der Waals surface area contributed by atoms with Crippen LogP contribution in [0.5, 0.6) is 0 Å². The van der Waals surface area contributed by atoms with E-state index in [9.17, 15) is 14.7 Å². The molecule has 0 aromatic heterocycles. The van der Waals surface area contributed by atoms with Crippen molar-refractivity contribution < 1.29 is 24.2 Å². The molecule has 4 aliphatic heterocycles. The fourth-order valence-corrected chi connectivity index (χ4v) is 11.9. The number of amidine groups is 2. The number of hydrogen-bond donors (Lipinski definition) is 2. The van der Waals surface area contributed by atoms with Gasteiger partial charge in [0.1, 0.15) is 20.9 Å². The molecule has 4 atom stereocenters. The van der Waals surface area contributed by atoms with Gasteiger partial charge in [-0.3, -0.25) is 10.1 Å². The topological polar surface area (TPSA) is 119 Å². The number of benzene rings is 4. The number of allylic oxidation sites excluding steroid dienone is 2. The molecule has 362 valence electrons. The normalized spacial score (nSPS) is 21.6. The molecule has 4 heterocycles. The Kier molecular flexibility index (Phi) is 17.9. The number of nitrogens with one attached hydrogen (secondary N) is 1. The summed E-state index contributed by atoms with van der Waals surface area (Å²) in [6, 6.07) is 30.8. The Balaban J connectivity index is 0.000000206. The number of hydrogen-bond acceptors (Lipinski definition) is 11. The van der Waals surface area contributed by atoms with Gasteiger partial charge in [-0.25, -0.2) is 14.8 Å². The number of ether oxygens (including phenoxy) is 2. The first-order chi connectivity index (χ1) is 32.3. The van der Waals surface area contributed by atoms with E-state index in [0.29, 0.717) is 50.0 Å². The maximum Gasteiger partial charge on any atom is 0.344 e. The van der Waals surface area contributed by atoms with E-state index in [0.717, 1.165) is 43.7 Å². The summed E-state index contributed by atoms with van der Waals surface area (Å²) in [6.45, 7) is 14.2. The Labute approximate surface area is 428 Å². The van der Waals surface area contributed by atoms with Gasteiger partial charge in [0.15, 0.2) is 10.3 Å². The fraction of sp³-hybridized carbons (Fsp3) is 0.373. The van der Waals surface area contributed by atoms with Gasteiger partial charge in [0.25, 0.3) is 5.91 Å². The number of carboxylic acids is 1. The van der Waals surface area contributed by atoms with Gasteiger partial charge in [-0.2, -0.15) is 0 Å². The second-order valence-corrected chi connectivity index (χ2v) is 21.2. The van der Waals surface area contributed by atoms with Gasteiger partial charge in [0.05, 0.1) is 25.4 Å². The van der Waals surface area contributed by atoms with Crippen LogP contribution in [0.1, 0.15) is 75.9 Å². The smallest absolute Gasteiger partial charge is 0.344 e. The van der Waals surface area contributed by atoms with Gasteiger partial charge in [-0.1, -0.05) is 123 Å². The Bertz CT molecular complexity index is 2570. The van der Waals surface area contributed by atoms with E-state index in [1.54, 1.807) is 19.1 Å². The van der Waals surface area contributed by atoms with Crippen LogP contribution >= 0.6 is 69.9 Å². The number of aliphatic carboxylic acids is 1. The number of carbonyl (C=O) groups is 2. The number of carboxylic acid groups (broad SMARTS) is 1. The van der Waals surface area contributed by atoms with E-state index in [1.165, 1.54) is 23.5 Å². The van der Waals surface area contributed by atoms with Gasteiger partial charge >= 0.3 is 5.97 Å². The molecule has 0 radical (unpaired) electrons. The van der Waals surface area contributed by atoms with Crippen molar-refractivity contribution in [2.75, 3.05) is 48.2 Å². The zero-order chi connectivity index (χ0) is 49.7. The average Bonchev–Trinajstić information content (AvgIpc) is 4.02. The Morgan fingerprint density at radius 3 is 1.37 bits per heavy atom. The van der Waals surface area contributed by atoms with Crippen molar-refractivity contribution in [1.82, 2.24) is 20.0 Å². The minimum absolute atomic E-state index is 0.00842. The third-order valence-corrected chi connectivity index (χ3v) is 15.1. The maximum absolute atomic E-state index is 13.4. The lowest BCUT2D eigenvalue weighted by atomic mass is 9.81. The maximum atomic E-state index is 13.4. The Hall–Kier alpha value is -4.02. The van der Waals surface area contributed by atoms with Gasteiger partial charge in [0, 0.05) is 59.3 Å². The Morgan fingerprint density at radius 1 is 0.676 bits per heavy atom. The van der Waals surface area contributed by atoms with Crippen LogP contribution in [-0.4, -0.2) is 90.2 Å². The van der Waals surface area contributed by atoms with Crippen LogP contribution in [-0.2, 0) is 30.1 Å². The SMILES string of the molecule is CC(C)C1=C(C(=O)O)SC2=N[C@@](C)(c3ccc(Cl)cc3)[C@@H](c3ccc(Cl)cc3)N21.CNCOC.COCCN(C)C(=O)C1=C(C(C)C)N2C(=N[C@@](C)(c3ccc(Cl)cc3)[C@H]2c2ccc(Cl)cc2)S1. The number of methoxy groups -OCH3 is 2. The fourth-order valence-electron chi connectivity index (χ4n) is 8.78. The highest BCUT2D eigenvalue weighted by Gasteiger charge is 2.54. The number of nitrogens with zero attached hydrogens (tertiary/aromatic N) is 5. The van der Waals surface area contributed by atoms with Crippen LogP contribution < -0.4 is 5.32 Å². The van der Waals surface area contributed by atoms with Crippen molar-refractivity contribution >= 4 is 92.1 Å². The molecule has 11 nitrogen and oxygen atoms in total. The number of thioether (sulfide) groups is 2. The predicted molar refractivity (Wildman–Crippen MR) is 282 cm³/mol. The van der Waals surface area contributed by atoms with E-state index in [4.69, 9.17) is 61.1 Å². The largest absolute Gasteiger partial charge is 0.477 e. The molecule has 4 aromatic rings. The van der Waals surface area contributed by atoms with Crippen molar-refractivity contribution in [2.24, 2.45) is 21.8 Å². The van der Waals surface area contributed by atoms with Gasteiger partial charge in [-0.15, -0.1) is 0 Å². The van der Waals surface area contributed by atoms with Crippen LogP contribution in [0.3, 0.4) is 0 Å². The number of likely N-dealkylation sites (N-methyl/N-ethyl adjacent to an activating group) is 1. The van der Waals surface area contributed by atoms with Crippen LogP contribution in [0.2, 0.25) is 20.1 Å².